The Hall–Kier alpha value is -0.810. The molecule has 126 valence electrons. The minimum Gasteiger partial charge on any atom is -0.354 e. The van der Waals surface area contributed by atoms with Crippen LogP contribution in [0.5, 0.6) is 0 Å². The van der Waals surface area contributed by atoms with Crippen molar-refractivity contribution >= 4 is 30.7 Å². The number of fused-ring (bicyclic) bond motifs is 1. The number of carbonyl (C=O) groups is 1. The Morgan fingerprint density at radius 3 is 2.18 bits per heavy atom. The summed E-state index contributed by atoms with van der Waals surface area (Å²) in [5.74, 6) is 0.0391. The summed E-state index contributed by atoms with van der Waals surface area (Å²) in [5.41, 5.74) is 8.43. The van der Waals surface area contributed by atoms with Gasteiger partial charge in [-0.25, -0.2) is 0 Å². The SMILES string of the molecule is CC(N)CC(=O)NCC1(N(C)C)Cc2ccccc2C1.Cl.Cl. The van der Waals surface area contributed by atoms with E-state index >= 15 is 0 Å². The van der Waals surface area contributed by atoms with Crippen LogP contribution in [0, 0.1) is 0 Å². The van der Waals surface area contributed by atoms with Crippen molar-refractivity contribution < 1.29 is 4.79 Å². The molecule has 1 unspecified atom stereocenters. The lowest BCUT2D eigenvalue weighted by Crippen LogP contribution is -2.54. The molecule has 0 fully saturated rings. The highest BCUT2D eigenvalue weighted by Gasteiger charge is 2.39. The average Bonchev–Trinajstić information content (AvgIpc) is 2.75. The number of likely N-dealkylation sites (N-methyl/N-ethyl adjacent to an activating group) is 1. The molecular formula is C16H27Cl2N3O. The van der Waals surface area contributed by atoms with E-state index in [4.69, 9.17) is 5.73 Å². The van der Waals surface area contributed by atoms with Gasteiger partial charge in [0.1, 0.15) is 0 Å². The first-order valence-electron chi connectivity index (χ1n) is 7.19. The van der Waals surface area contributed by atoms with Gasteiger partial charge in [-0.15, -0.1) is 24.8 Å². The van der Waals surface area contributed by atoms with E-state index < -0.39 is 0 Å². The Morgan fingerprint density at radius 1 is 1.27 bits per heavy atom. The molecule has 1 aliphatic rings. The normalized spacial score (nSPS) is 16.2. The predicted molar refractivity (Wildman–Crippen MR) is 96.0 cm³/mol. The Morgan fingerprint density at radius 2 is 1.77 bits per heavy atom. The van der Waals surface area contributed by atoms with Gasteiger partial charge >= 0.3 is 0 Å². The molecule has 4 nitrogen and oxygen atoms in total. The van der Waals surface area contributed by atoms with Gasteiger partial charge in [0.05, 0.1) is 0 Å². The highest BCUT2D eigenvalue weighted by molar-refractivity contribution is 5.85. The van der Waals surface area contributed by atoms with Crippen molar-refractivity contribution in [2.24, 2.45) is 5.73 Å². The van der Waals surface area contributed by atoms with E-state index in [9.17, 15) is 4.79 Å². The van der Waals surface area contributed by atoms with Gasteiger partial charge in [0.2, 0.25) is 5.91 Å². The summed E-state index contributed by atoms with van der Waals surface area (Å²) in [7, 11) is 4.17. The summed E-state index contributed by atoms with van der Waals surface area (Å²) in [6.45, 7) is 2.52. The van der Waals surface area contributed by atoms with Crippen LogP contribution in [0.25, 0.3) is 0 Å². The number of benzene rings is 1. The maximum Gasteiger partial charge on any atom is 0.221 e. The third-order valence-electron chi connectivity index (χ3n) is 4.23. The van der Waals surface area contributed by atoms with E-state index in [1.165, 1.54) is 11.1 Å². The summed E-state index contributed by atoms with van der Waals surface area (Å²) < 4.78 is 0. The maximum atomic E-state index is 11.8. The van der Waals surface area contributed by atoms with Crippen molar-refractivity contribution in [1.29, 1.82) is 0 Å². The van der Waals surface area contributed by atoms with E-state index in [0.717, 1.165) is 12.8 Å². The highest BCUT2D eigenvalue weighted by atomic mass is 35.5. The molecule has 1 atom stereocenters. The van der Waals surface area contributed by atoms with E-state index in [-0.39, 0.29) is 42.3 Å². The standard InChI is InChI=1S/C16H25N3O.2ClH/c1-12(17)8-15(20)18-11-16(19(2)3)9-13-6-4-5-7-14(13)10-16;;/h4-7,12H,8-11,17H2,1-3H3,(H,18,20);2*1H. The Bertz CT molecular complexity index is 467. The molecule has 2 rings (SSSR count). The van der Waals surface area contributed by atoms with E-state index in [2.05, 4.69) is 48.6 Å². The second-order valence-electron chi connectivity index (χ2n) is 6.20. The first-order valence-corrected chi connectivity index (χ1v) is 7.19. The minimum atomic E-state index is -0.0916. The molecule has 1 amide bonds. The predicted octanol–water partition coefficient (Wildman–Crippen LogP) is 1.78. The lowest BCUT2D eigenvalue weighted by atomic mass is 9.94. The second-order valence-corrected chi connectivity index (χ2v) is 6.20. The monoisotopic (exact) mass is 347 g/mol. The number of halogens is 2. The number of amides is 1. The van der Waals surface area contributed by atoms with Gasteiger partial charge in [0, 0.05) is 24.5 Å². The third-order valence-corrected chi connectivity index (χ3v) is 4.23. The van der Waals surface area contributed by atoms with Crippen molar-refractivity contribution in [1.82, 2.24) is 10.2 Å². The number of nitrogens with one attached hydrogen (secondary N) is 1. The van der Waals surface area contributed by atoms with Crippen molar-refractivity contribution in [2.45, 2.75) is 37.8 Å². The van der Waals surface area contributed by atoms with Crippen LogP contribution in [0.4, 0.5) is 0 Å². The summed E-state index contributed by atoms with van der Waals surface area (Å²) in [6.07, 6.45) is 2.35. The van der Waals surface area contributed by atoms with Crippen LogP contribution in [-0.2, 0) is 17.6 Å². The topological polar surface area (TPSA) is 58.4 Å². The molecular weight excluding hydrogens is 321 g/mol. The summed E-state index contributed by atoms with van der Waals surface area (Å²) in [6, 6.07) is 8.44. The molecule has 0 saturated carbocycles. The molecule has 3 N–H and O–H groups in total. The molecule has 6 heteroatoms. The molecule has 1 aromatic carbocycles. The van der Waals surface area contributed by atoms with Gasteiger partial charge in [0.25, 0.3) is 0 Å². The van der Waals surface area contributed by atoms with Gasteiger partial charge in [-0.3, -0.25) is 4.79 Å². The fourth-order valence-electron chi connectivity index (χ4n) is 2.90. The van der Waals surface area contributed by atoms with Crippen molar-refractivity contribution in [3.8, 4) is 0 Å². The zero-order valence-electron chi connectivity index (χ0n) is 13.5. The van der Waals surface area contributed by atoms with Crippen LogP contribution in [0.1, 0.15) is 24.5 Å². The van der Waals surface area contributed by atoms with Crippen LogP contribution in [0.3, 0.4) is 0 Å². The Balaban J connectivity index is 0.00000220. The zero-order chi connectivity index (χ0) is 14.8. The minimum absolute atomic E-state index is 0. The van der Waals surface area contributed by atoms with Gasteiger partial charge in [-0.2, -0.15) is 0 Å². The molecule has 0 bridgehead atoms. The summed E-state index contributed by atoms with van der Waals surface area (Å²) in [4.78, 5) is 14.1. The van der Waals surface area contributed by atoms with Crippen LogP contribution in [0.15, 0.2) is 24.3 Å². The van der Waals surface area contributed by atoms with Crippen molar-refractivity contribution in [3.63, 3.8) is 0 Å². The Labute approximate surface area is 145 Å². The molecule has 0 aromatic heterocycles. The lowest BCUT2D eigenvalue weighted by Gasteiger charge is -2.36. The molecule has 1 aromatic rings. The lowest BCUT2D eigenvalue weighted by molar-refractivity contribution is -0.121. The molecule has 0 saturated heterocycles. The van der Waals surface area contributed by atoms with E-state index in [1.807, 2.05) is 6.92 Å². The number of nitrogens with zero attached hydrogens (tertiary/aromatic N) is 1. The number of hydrogen-bond acceptors (Lipinski definition) is 3. The largest absolute Gasteiger partial charge is 0.354 e. The Kier molecular flexibility index (Phi) is 8.40. The van der Waals surface area contributed by atoms with Gasteiger partial charge in [0.15, 0.2) is 0 Å². The van der Waals surface area contributed by atoms with Crippen molar-refractivity contribution in [2.75, 3.05) is 20.6 Å². The fourth-order valence-corrected chi connectivity index (χ4v) is 2.90. The van der Waals surface area contributed by atoms with E-state index in [0.29, 0.717) is 13.0 Å². The fraction of sp³-hybridized carbons (Fsp3) is 0.562. The zero-order valence-corrected chi connectivity index (χ0v) is 15.1. The molecule has 0 radical (unpaired) electrons. The maximum absolute atomic E-state index is 11.8. The van der Waals surface area contributed by atoms with E-state index in [1.54, 1.807) is 0 Å². The number of rotatable bonds is 5. The van der Waals surface area contributed by atoms with Crippen molar-refractivity contribution in [3.05, 3.63) is 35.4 Å². The number of carbonyl (C=O) groups excluding carboxylic acids is 1. The number of nitrogens with two attached hydrogens (primary N) is 1. The number of hydrogen-bond donors (Lipinski definition) is 2. The molecule has 0 heterocycles. The van der Waals surface area contributed by atoms with Crippen LogP contribution in [-0.4, -0.2) is 43.0 Å². The smallest absolute Gasteiger partial charge is 0.221 e. The first-order chi connectivity index (χ1) is 9.43. The molecule has 0 aliphatic heterocycles. The average molecular weight is 348 g/mol. The molecule has 0 spiro atoms. The molecule has 1 aliphatic carbocycles. The van der Waals surface area contributed by atoms with Gasteiger partial charge in [-0.05, 0) is 45.0 Å². The summed E-state index contributed by atoms with van der Waals surface area (Å²) in [5, 5.41) is 3.05. The quantitative estimate of drug-likeness (QED) is 0.853. The third kappa shape index (κ3) is 4.85. The highest BCUT2D eigenvalue weighted by Crippen LogP contribution is 2.32. The van der Waals surface area contributed by atoms with Crippen LogP contribution >= 0.6 is 24.8 Å². The molecule has 22 heavy (non-hydrogen) atoms. The second kappa shape index (κ2) is 8.73. The summed E-state index contributed by atoms with van der Waals surface area (Å²) >= 11 is 0. The first kappa shape index (κ1) is 21.2. The van der Waals surface area contributed by atoms with Gasteiger partial charge < -0.3 is 16.0 Å². The van der Waals surface area contributed by atoms with Gasteiger partial charge in [-0.1, -0.05) is 24.3 Å². The van der Waals surface area contributed by atoms with Crippen LogP contribution < -0.4 is 11.1 Å². The van der Waals surface area contributed by atoms with Crippen LogP contribution in [0.2, 0.25) is 0 Å².